The molecular weight excluding hydrogens is 266 g/mol. The normalized spacial score (nSPS) is 7.67. The molecule has 0 heterocycles. The molecular formula is C17H25NO3. The van der Waals surface area contributed by atoms with Gasteiger partial charge < -0.3 is 4.74 Å². The maximum Gasteiger partial charge on any atom is 0.269 e. The fraction of sp³-hybridized carbons (Fsp3) is 0.294. The Morgan fingerprint density at radius 1 is 0.810 bits per heavy atom. The van der Waals surface area contributed by atoms with Crippen LogP contribution in [0, 0.1) is 10.1 Å². The van der Waals surface area contributed by atoms with Crippen molar-refractivity contribution in [3.8, 4) is 5.75 Å². The molecule has 0 amide bonds. The summed E-state index contributed by atoms with van der Waals surface area (Å²) in [7, 11) is 1.66. The second kappa shape index (κ2) is 15.7. The molecule has 4 heteroatoms. The molecule has 0 aliphatic heterocycles. The molecule has 0 saturated heterocycles. The van der Waals surface area contributed by atoms with E-state index in [1.165, 1.54) is 12.1 Å². The Bertz CT molecular complexity index is 444. The zero-order valence-electron chi connectivity index (χ0n) is 13.4. The first kappa shape index (κ1) is 20.9. The fourth-order valence-corrected chi connectivity index (χ4v) is 1.11. The average molecular weight is 291 g/mol. The minimum absolute atomic E-state index is 0.137. The smallest absolute Gasteiger partial charge is 0.269 e. The molecule has 0 atom stereocenters. The van der Waals surface area contributed by atoms with Crippen LogP contribution in [0.4, 0.5) is 5.69 Å². The first-order valence-corrected chi connectivity index (χ1v) is 7.02. The largest absolute Gasteiger partial charge is 0.497 e. The summed E-state index contributed by atoms with van der Waals surface area (Å²) in [4.78, 5) is 9.59. The number of hydrogen-bond donors (Lipinski definition) is 0. The van der Waals surface area contributed by atoms with E-state index in [1.54, 1.807) is 25.3 Å². The van der Waals surface area contributed by atoms with E-state index < -0.39 is 4.92 Å². The van der Waals surface area contributed by atoms with E-state index in [0.717, 1.165) is 5.75 Å². The van der Waals surface area contributed by atoms with Crippen molar-refractivity contribution in [2.24, 2.45) is 0 Å². The summed E-state index contributed by atoms with van der Waals surface area (Å²) in [5, 5.41) is 10.0. The average Bonchev–Trinajstić information content (AvgIpc) is 2.60. The highest BCUT2D eigenvalue weighted by Crippen LogP contribution is 2.07. The zero-order chi connectivity index (χ0) is 16.5. The van der Waals surface area contributed by atoms with Gasteiger partial charge >= 0.3 is 0 Å². The monoisotopic (exact) mass is 291 g/mol. The standard InChI is InChI=1S/C7H8O.C6H5NO2.2C2H6/c1-8-7-5-3-2-4-6-7;8-7(9)6-4-2-1-3-5-6;2*1-2/h2-6H,1H3;1-5H;2*1-2H3. The van der Waals surface area contributed by atoms with Gasteiger partial charge in [0.2, 0.25) is 0 Å². The van der Waals surface area contributed by atoms with Crippen molar-refractivity contribution in [3.05, 3.63) is 70.8 Å². The Morgan fingerprint density at radius 2 is 1.19 bits per heavy atom. The number of benzene rings is 2. The molecule has 116 valence electrons. The minimum atomic E-state index is -0.417. The van der Waals surface area contributed by atoms with Crippen LogP contribution in [0.5, 0.6) is 5.75 Å². The predicted octanol–water partition coefficient (Wildman–Crippen LogP) is 5.34. The summed E-state index contributed by atoms with van der Waals surface area (Å²) in [6.07, 6.45) is 0. The second-order valence-corrected chi connectivity index (χ2v) is 3.11. The molecule has 0 fully saturated rings. The number of para-hydroxylation sites is 2. The van der Waals surface area contributed by atoms with Crippen LogP contribution in [0.25, 0.3) is 0 Å². The lowest BCUT2D eigenvalue weighted by molar-refractivity contribution is -0.384. The van der Waals surface area contributed by atoms with Crippen LogP contribution in [-0.4, -0.2) is 12.0 Å². The van der Waals surface area contributed by atoms with E-state index in [9.17, 15) is 10.1 Å². The quantitative estimate of drug-likeness (QED) is 0.554. The maximum atomic E-state index is 10.0. The van der Waals surface area contributed by atoms with Crippen molar-refractivity contribution >= 4 is 5.69 Å². The van der Waals surface area contributed by atoms with Crippen LogP contribution >= 0.6 is 0 Å². The van der Waals surface area contributed by atoms with Crippen molar-refractivity contribution in [2.45, 2.75) is 27.7 Å². The van der Waals surface area contributed by atoms with E-state index in [4.69, 9.17) is 4.74 Å². The molecule has 0 aliphatic rings. The third-order valence-electron chi connectivity index (χ3n) is 1.95. The van der Waals surface area contributed by atoms with Crippen molar-refractivity contribution in [1.29, 1.82) is 0 Å². The van der Waals surface area contributed by atoms with Gasteiger partial charge in [0.05, 0.1) is 12.0 Å². The lowest BCUT2D eigenvalue weighted by atomic mass is 10.3. The number of methoxy groups -OCH3 is 1. The van der Waals surface area contributed by atoms with Gasteiger partial charge in [-0.05, 0) is 12.1 Å². The maximum absolute atomic E-state index is 10.0. The fourth-order valence-electron chi connectivity index (χ4n) is 1.11. The first-order valence-electron chi connectivity index (χ1n) is 7.02. The Morgan fingerprint density at radius 3 is 1.43 bits per heavy atom. The summed E-state index contributed by atoms with van der Waals surface area (Å²) in [5.41, 5.74) is 0.137. The van der Waals surface area contributed by atoms with Gasteiger partial charge in [-0.15, -0.1) is 0 Å². The molecule has 2 aromatic rings. The van der Waals surface area contributed by atoms with Crippen LogP contribution in [0.15, 0.2) is 60.7 Å². The highest BCUT2D eigenvalue weighted by atomic mass is 16.6. The minimum Gasteiger partial charge on any atom is -0.497 e. The molecule has 0 aliphatic carbocycles. The van der Waals surface area contributed by atoms with Gasteiger partial charge in [0.25, 0.3) is 5.69 Å². The van der Waals surface area contributed by atoms with E-state index in [-0.39, 0.29) is 5.69 Å². The lowest BCUT2D eigenvalue weighted by Gasteiger charge is -1.93. The first-order chi connectivity index (χ1) is 10.2. The Kier molecular flexibility index (Phi) is 15.7. The molecule has 0 aromatic heterocycles. The Labute approximate surface area is 127 Å². The molecule has 0 spiro atoms. The van der Waals surface area contributed by atoms with Crippen molar-refractivity contribution in [1.82, 2.24) is 0 Å². The van der Waals surface area contributed by atoms with Crippen LogP contribution in [0.2, 0.25) is 0 Å². The molecule has 0 unspecified atom stereocenters. The summed E-state index contributed by atoms with van der Waals surface area (Å²) >= 11 is 0. The Hall–Kier alpha value is -2.36. The number of nitro groups is 1. The molecule has 0 saturated carbocycles. The number of nitrogens with zero attached hydrogens (tertiary/aromatic N) is 1. The van der Waals surface area contributed by atoms with Crippen molar-refractivity contribution in [3.63, 3.8) is 0 Å². The summed E-state index contributed by atoms with van der Waals surface area (Å²) in [6.45, 7) is 8.00. The summed E-state index contributed by atoms with van der Waals surface area (Å²) in [5.74, 6) is 0.910. The number of non-ortho nitro benzene ring substituents is 1. The van der Waals surface area contributed by atoms with Crippen LogP contribution in [-0.2, 0) is 0 Å². The number of hydrogen-bond acceptors (Lipinski definition) is 3. The van der Waals surface area contributed by atoms with Gasteiger partial charge in [0, 0.05) is 12.1 Å². The summed E-state index contributed by atoms with van der Waals surface area (Å²) in [6, 6.07) is 17.6. The topological polar surface area (TPSA) is 52.4 Å². The van der Waals surface area contributed by atoms with Crippen LogP contribution in [0.3, 0.4) is 0 Å². The molecule has 0 N–H and O–H groups in total. The third kappa shape index (κ3) is 11.2. The number of rotatable bonds is 2. The highest BCUT2D eigenvalue weighted by Gasteiger charge is 1.98. The van der Waals surface area contributed by atoms with Crippen LogP contribution in [0.1, 0.15) is 27.7 Å². The molecule has 0 bridgehead atoms. The van der Waals surface area contributed by atoms with Gasteiger partial charge in [0.1, 0.15) is 5.75 Å². The van der Waals surface area contributed by atoms with E-state index in [1.807, 2.05) is 58.0 Å². The molecule has 0 radical (unpaired) electrons. The van der Waals surface area contributed by atoms with Gasteiger partial charge in [0.15, 0.2) is 0 Å². The number of nitro benzene ring substituents is 1. The third-order valence-corrected chi connectivity index (χ3v) is 1.95. The highest BCUT2D eigenvalue weighted by molar-refractivity contribution is 5.28. The lowest BCUT2D eigenvalue weighted by Crippen LogP contribution is -1.84. The molecule has 4 nitrogen and oxygen atoms in total. The SMILES string of the molecule is CC.CC.COc1ccccc1.O=[N+]([O-])c1ccccc1. The predicted molar refractivity (Wildman–Crippen MR) is 88.8 cm³/mol. The summed E-state index contributed by atoms with van der Waals surface area (Å²) < 4.78 is 4.91. The van der Waals surface area contributed by atoms with Crippen molar-refractivity contribution < 1.29 is 9.66 Å². The van der Waals surface area contributed by atoms with E-state index in [0.29, 0.717) is 0 Å². The van der Waals surface area contributed by atoms with E-state index >= 15 is 0 Å². The van der Waals surface area contributed by atoms with Gasteiger partial charge in [-0.1, -0.05) is 64.1 Å². The van der Waals surface area contributed by atoms with Crippen molar-refractivity contribution in [2.75, 3.05) is 7.11 Å². The molecule has 21 heavy (non-hydrogen) atoms. The van der Waals surface area contributed by atoms with Gasteiger partial charge in [-0.2, -0.15) is 0 Å². The molecule has 2 rings (SSSR count). The Balaban J connectivity index is 0. The van der Waals surface area contributed by atoms with Crippen LogP contribution < -0.4 is 4.74 Å². The second-order valence-electron chi connectivity index (χ2n) is 3.11. The zero-order valence-corrected chi connectivity index (χ0v) is 13.4. The molecule has 2 aromatic carbocycles. The van der Waals surface area contributed by atoms with Gasteiger partial charge in [-0.3, -0.25) is 10.1 Å². The number of ether oxygens (including phenoxy) is 1. The van der Waals surface area contributed by atoms with E-state index in [2.05, 4.69) is 0 Å². The van der Waals surface area contributed by atoms with Gasteiger partial charge in [-0.25, -0.2) is 0 Å².